The number of para-hydroxylation sites is 1. The quantitative estimate of drug-likeness (QED) is 0.476. The molecule has 0 saturated carbocycles. The lowest BCUT2D eigenvalue weighted by atomic mass is 10.2. The Balaban J connectivity index is 1.27. The van der Waals surface area contributed by atoms with Crippen molar-refractivity contribution in [2.24, 2.45) is 0 Å². The molecule has 4 aromatic rings. The lowest BCUT2D eigenvalue weighted by molar-refractivity contribution is -0.132. The highest BCUT2D eigenvalue weighted by atomic mass is 16.2. The fraction of sp³-hybridized carbons (Fsp3) is 0.273. The molecule has 1 amide bonds. The summed E-state index contributed by atoms with van der Waals surface area (Å²) in [7, 11) is 0. The van der Waals surface area contributed by atoms with Crippen molar-refractivity contribution >= 4 is 22.6 Å². The van der Waals surface area contributed by atoms with Crippen LogP contribution in [0.4, 0.5) is 5.82 Å². The Hall–Kier alpha value is -4.08. The first kappa shape index (κ1) is 19.9. The van der Waals surface area contributed by atoms with E-state index in [4.69, 9.17) is 0 Å². The number of carbonyl (C=O) groups excluding carboxylic acids is 1. The van der Waals surface area contributed by atoms with Gasteiger partial charge in [0.25, 0.3) is 5.56 Å². The lowest BCUT2D eigenvalue weighted by Gasteiger charge is -2.35. The topological polar surface area (TPSA) is 102 Å². The molecule has 1 aliphatic rings. The Morgan fingerprint density at radius 3 is 2.59 bits per heavy atom. The van der Waals surface area contributed by atoms with Crippen LogP contribution in [0.1, 0.15) is 5.82 Å². The molecule has 5 rings (SSSR count). The van der Waals surface area contributed by atoms with Gasteiger partial charge in [-0.3, -0.25) is 18.7 Å². The molecule has 32 heavy (non-hydrogen) atoms. The number of anilines is 1. The molecule has 10 heteroatoms. The number of benzene rings is 1. The monoisotopic (exact) mass is 430 g/mol. The van der Waals surface area contributed by atoms with Crippen LogP contribution < -0.4 is 10.5 Å². The highest BCUT2D eigenvalue weighted by Crippen LogP contribution is 2.17. The van der Waals surface area contributed by atoms with Crippen molar-refractivity contribution in [3.63, 3.8) is 0 Å². The van der Waals surface area contributed by atoms with Gasteiger partial charge in [-0.1, -0.05) is 12.1 Å². The van der Waals surface area contributed by atoms with Crippen molar-refractivity contribution in [1.29, 1.82) is 0 Å². The van der Waals surface area contributed by atoms with Gasteiger partial charge in [-0.05, 0) is 19.1 Å². The average molecular weight is 430 g/mol. The number of rotatable bonds is 4. The van der Waals surface area contributed by atoms with E-state index in [0.29, 0.717) is 42.9 Å². The van der Waals surface area contributed by atoms with Crippen LogP contribution in [-0.4, -0.2) is 66.1 Å². The molecule has 162 valence electrons. The molecule has 1 aliphatic heterocycles. The predicted octanol–water partition coefficient (Wildman–Crippen LogP) is 1.03. The van der Waals surface area contributed by atoms with E-state index in [2.05, 4.69) is 24.8 Å². The zero-order valence-electron chi connectivity index (χ0n) is 17.6. The van der Waals surface area contributed by atoms with Crippen LogP contribution in [0.15, 0.2) is 60.2 Å². The molecule has 0 radical (unpaired) electrons. The van der Waals surface area contributed by atoms with Crippen molar-refractivity contribution in [2.45, 2.75) is 13.5 Å². The normalized spacial score (nSPS) is 14.2. The maximum Gasteiger partial charge on any atom is 0.261 e. The van der Waals surface area contributed by atoms with E-state index in [-0.39, 0.29) is 18.0 Å². The zero-order valence-corrected chi connectivity index (χ0v) is 17.6. The van der Waals surface area contributed by atoms with E-state index in [9.17, 15) is 9.59 Å². The second-order valence-corrected chi connectivity index (χ2v) is 7.66. The average Bonchev–Trinajstić information content (AvgIpc) is 3.36. The molecule has 4 heterocycles. The largest absolute Gasteiger partial charge is 0.353 e. The van der Waals surface area contributed by atoms with Gasteiger partial charge in [-0.15, -0.1) is 0 Å². The highest BCUT2D eigenvalue weighted by Gasteiger charge is 2.23. The van der Waals surface area contributed by atoms with E-state index in [1.807, 2.05) is 29.8 Å². The number of aromatic nitrogens is 6. The van der Waals surface area contributed by atoms with Crippen LogP contribution >= 0.6 is 0 Å². The fourth-order valence-electron chi connectivity index (χ4n) is 3.87. The molecule has 1 aromatic carbocycles. The van der Waals surface area contributed by atoms with Crippen molar-refractivity contribution in [3.05, 3.63) is 71.6 Å². The van der Waals surface area contributed by atoms with Gasteiger partial charge < -0.3 is 9.80 Å². The first-order chi connectivity index (χ1) is 15.6. The standard InChI is InChI=1S/C22H22N8O2/c1-16-25-19(12-20(26-16)29-7-6-23-14-29)27-8-10-28(11-9-27)21(31)13-30-15-24-18-5-3-2-4-17(18)22(30)32/h2-7,12,14-15H,8-11,13H2,1H3. The molecular weight excluding hydrogens is 408 g/mol. The number of hydrogen-bond acceptors (Lipinski definition) is 7. The first-order valence-corrected chi connectivity index (χ1v) is 10.4. The molecule has 1 saturated heterocycles. The molecule has 3 aromatic heterocycles. The van der Waals surface area contributed by atoms with Crippen molar-refractivity contribution in [1.82, 2.24) is 34.0 Å². The Bertz CT molecular complexity index is 1320. The van der Waals surface area contributed by atoms with E-state index in [1.54, 1.807) is 35.6 Å². The molecular formula is C22H22N8O2. The molecule has 1 fully saturated rings. The van der Waals surface area contributed by atoms with E-state index >= 15 is 0 Å². The van der Waals surface area contributed by atoms with Crippen LogP contribution in [-0.2, 0) is 11.3 Å². The number of fused-ring (bicyclic) bond motifs is 1. The molecule has 10 nitrogen and oxygen atoms in total. The molecule has 0 N–H and O–H groups in total. The predicted molar refractivity (Wildman–Crippen MR) is 119 cm³/mol. The van der Waals surface area contributed by atoms with Crippen LogP contribution in [0.2, 0.25) is 0 Å². The number of nitrogens with zero attached hydrogens (tertiary/aromatic N) is 8. The third kappa shape index (κ3) is 3.82. The second kappa shape index (κ2) is 8.22. The summed E-state index contributed by atoms with van der Waals surface area (Å²) in [5.41, 5.74) is 0.427. The molecule has 0 bridgehead atoms. The molecule has 0 aliphatic carbocycles. The van der Waals surface area contributed by atoms with Crippen molar-refractivity contribution in [3.8, 4) is 5.82 Å². The van der Waals surface area contributed by atoms with E-state index in [1.165, 1.54) is 10.9 Å². The molecule has 0 spiro atoms. The van der Waals surface area contributed by atoms with Gasteiger partial charge in [-0.25, -0.2) is 19.9 Å². The van der Waals surface area contributed by atoms with Crippen LogP contribution in [0, 0.1) is 6.92 Å². The van der Waals surface area contributed by atoms with Gasteiger partial charge in [0.1, 0.15) is 30.3 Å². The number of hydrogen-bond donors (Lipinski definition) is 0. The minimum atomic E-state index is -0.203. The summed E-state index contributed by atoms with van der Waals surface area (Å²) in [6.07, 6.45) is 6.69. The SMILES string of the molecule is Cc1nc(N2CCN(C(=O)Cn3cnc4ccccc4c3=O)CC2)cc(-n2ccnc2)n1. The van der Waals surface area contributed by atoms with Crippen LogP contribution in [0.3, 0.4) is 0 Å². The van der Waals surface area contributed by atoms with Crippen molar-refractivity contribution < 1.29 is 4.79 Å². The summed E-state index contributed by atoms with van der Waals surface area (Å²) >= 11 is 0. The van der Waals surface area contributed by atoms with Crippen molar-refractivity contribution in [2.75, 3.05) is 31.1 Å². The van der Waals surface area contributed by atoms with E-state index in [0.717, 1.165) is 11.6 Å². The van der Waals surface area contributed by atoms with Gasteiger partial charge in [0.2, 0.25) is 5.91 Å². The first-order valence-electron chi connectivity index (χ1n) is 10.4. The zero-order chi connectivity index (χ0) is 22.1. The van der Waals surface area contributed by atoms with E-state index < -0.39 is 0 Å². The molecule has 0 unspecified atom stereocenters. The Labute approximate surface area is 183 Å². The summed E-state index contributed by atoms with van der Waals surface area (Å²) < 4.78 is 3.22. The summed E-state index contributed by atoms with van der Waals surface area (Å²) in [6, 6.07) is 9.07. The molecule has 0 atom stereocenters. The van der Waals surface area contributed by atoms with Gasteiger partial charge in [0.15, 0.2) is 0 Å². The Kier molecular flexibility index (Phi) is 5.10. The lowest BCUT2D eigenvalue weighted by Crippen LogP contribution is -2.50. The fourth-order valence-corrected chi connectivity index (χ4v) is 3.87. The van der Waals surface area contributed by atoms with Gasteiger partial charge in [-0.2, -0.15) is 0 Å². The number of piperazine rings is 1. The highest BCUT2D eigenvalue weighted by molar-refractivity contribution is 5.79. The summed E-state index contributed by atoms with van der Waals surface area (Å²) in [5, 5.41) is 0.514. The van der Waals surface area contributed by atoms with Gasteiger partial charge in [0.05, 0.1) is 17.2 Å². The van der Waals surface area contributed by atoms with Crippen LogP contribution in [0.25, 0.3) is 16.7 Å². The maximum atomic E-state index is 12.8. The Morgan fingerprint density at radius 1 is 1.03 bits per heavy atom. The number of amides is 1. The third-order valence-electron chi connectivity index (χ3n) is 5.57. The third-order valence-corrected chi connectivity index (χ3v) is 5.57. The number of carbonyl (C=O) groups is 1. The number of imidazole rings is 1. The minimum absolute atomic E-state index is 0.0198. The summed E-state index contributed by atoms with van der Waals surface area (Å²) in [4.78, 5) is 46.8. The summed E-state index contributed by atoms with van der Waals surface area (Å²) in [6.45, 7) is 4.25. The minimum Gasteiger partial charge on any atom is -0.353 e. The Morgan fingerprint density at radius 2 is 1.81 bits per heavy atom. The van der Waals surface area contributed by atoms with Gasteiger partial charge in [0, 0.05) is 44.6 Å². The second-order valence-electron chi connectivity index (χ2n) is 7.66. The van der Waals surface area contributed by atoms with Gasteiger partial charge >= 0.3 is 0 Å². The maximum absolute atomic E-state index is 12.8. The van der Waals surface area contributed by atoms with Crippen LogP contribution in [0.5, 0.6) is 0 Å². The number of aryl methyl sites for hydroxylation is 1. The summed E-state index contributed by atoms with van der Waals surface area (Å²) in [5.74, 6) is 2.16. The smallest absolute Gasteiger partial charge is 0.261 e.